The SMILES string of the molecule is CC[NH+]1CCN(c2ccc(Cl)cc2NC(=O)Cc2ccccc2)CC1. The number of carbonyl (C=O) groups is 1. The lowest BCUT2D eigenvalue weighted by Crippen LogP contribution is -3.14. The summed E-state index contributed by atoms with van der Waals surface area (Å²) in [6, 6.07) is 15.5. The highest BCUT2D eigenvalue weighted by Crippen LogP contribution is 2.29. The number of piperazine rings is 1. The highest BCUT2D eigenvalue weighted by molar-refractivity contribution is 6.31. The second kappa shape index (κ2) is 8.37. The molecule has 0 saturated carbocycles. The fourth-order valence-corrected chi connectivity index (χ4v) is 3.45. The van der Waals surface area contributed by atoms with Gasteiger partial charge in [0.1, 0.15) is 0 Å². The van der Waals surface area contributed by atoms with Crippen LogP contribution >= 0.6 is 11.6 Å². The average Bonchev–Trinajstić information content (AvgIpc) is 2.63. The number of benzene rings is 2. The van der Waals surface area contributed by atoms with Gasteiger partial charge in [-0.2, -0.15) is 0 Å². The lowest BCUT2D eigenvalue weighted by atomic mass is 10.1. The topological polar surface area (TPSA) is 36.8 Å². The second-order valence-electron chi connectivity index (χ2n) is 6.46. The number of hydrogen-bond donors (Lipinski definition) is 2. The number of halogens is 1. The summed E-state index contributed by atoms with van der Waals surface area (Å²) in [6.45, 7) is 7.61. The molecule has 0 spiro atoms. The molecule has 1 aliphatic rings. The number of nitrogens with one attached hydrogen (secondary N) is 2. The minimum atomic E-state index is -0.0208. The number of nitrogens with zero attached hydrogens (tertiary/aromatic N) is 1. The molecule has 0 aromatic heterocycles. The van der Waals surface area contributed by atoms with Crippen molar-refractivity contribution in [3.63, 3.8) is 0 Å². The molecule has 0 aliphatic carbocycles. The summed E-state index contributed by atoms with van der Waals surface area (Å²) in [7, 11) is 0. The van der Waals surface area contributed by atoms with Gasteiger partial charge in [0.05, 0.1) is 50.5 Å². The van der Waals surface area contributed by atoms with Crippen molar-refractivity contribution in [2.24, 2.45) is 0 Å². The zero-order valence-electron chi connectivity index (χ0n) is 14.6. The quantitative estimate of drug-likeness (QED) is 0.860. The van der Waals surface area contributed by atoms with E-state index in [0.717, 1.165) is 49.7 Å². The molecular weight excluding hydrogens is 334 g/mol. The van der Waals surface area contributed by atoms with Gasteiger partial charge in [0.25, 0.3) is 0 Å². The molecule has 1 amide bonds. The van der Waals surface area contributed by atoms with E-state index in [4.69, 9.17) is 11.6 Å². The number of rotatable bonds is 5. The van der Waals surface area contributed by atoms with E-state index in [1.807, 2.05) is 48.5 Å². The first kappa shape index (κ1) is 17.8. The summed E-state index contributed by atoms with van der Waals surface area (Å²) in [5, 5.41) is 3.69. The lowest BCUT2D eigenvalue weighted by Gasteiger charge is -2.34. The first-order valence-corrected chi connectivity index (χ1v) is 9.25. The largest absolute Gasteiger partial charge is 0.359 e. The number of carbonyl (C=O) groups excluding carboxylic acids is 1. The Morgan fingerprint density at radius 2 is 1.88 bits per heavy atom. The Morgan fingerprint density at radius 3 is 2.56 bits per heavy atom. The van der Waals surface area contributed by atoms with Crippen molar-refractivity contribution in [1.82, 2.24) is 0 Å². The van der Waals surface area contributed by atoms with Gasteiger partial charge in [-0.25, -0.2) is 0 Å². The molecule has 132 valence electrons. The number of amides is 1. The Hall–Kier alpha value is -2.04. The first-order chi connectivity index (χ1) is 12.2. The highest BCUT2D eigenvalue weighted by Gasteiger charge is 2.21. The summed E-state index contributed by atoms with van der Waals surface area (Å²) < 4.78 is 0. The van der Waals surface area contributed by atoms with E-state index < -0.39 is 0 Å². The van der Waals surface area contributed by atoms with Crippen LogP contribution in [0, 0.1) is 0 Å². The Balaban J connectivity index is 1.72. The number of likely N-dealkylation sites (N-methyl/N-ethyl adjacent to an activating group) is 1. The molecule has 2 aromatic rings. The minimum Gasteiger partial charge on any atom is -0.359 e. The summed E-state index contributed by atoms with van der Waals surface area (Å²) in [5.74, 6) is -0.0208. The Labute approximate surface area is 154 Å². The molecule has 25 heavy (non-hydrogen) atoms. The van der Waals surface area contributed by atoms with E-state index in [1.165, 1.54) is 0 Å². The van der Waals surface area contributed by atoms with Gasteiger partial charge in [0, 0.05) is 5.02 Å². The normalized spacial score (nSPS) is 15.2. The van der Waals surface area contributed by atoms with Crippen LogP contribution in [0.3, 0.4) is 0 Å². The number of quaternary nitrogens is 1. The van der Waals surface area contributed by atoms with Gasteiger partial charge in [-0.15, -0.1) is 0 Å². The average molecular weight is 359 g/mol. The van der Waals surface area contributed by atoms with Crippen LogP contribution in [0.5, 0.6) is 0 Å². The lowest BCUT2D eigenvalue weighted by molar-refractivity contribution is -0.898. The maximum atomic E-state index is 12.4. The van der Waals surface area contributed by atoms with Crippen molar-refractivity contribution >= 4 is 28.9 Å². The van der Waals surface area contributed by atoms with Crippen LogP contribution in [0.2, 0.25) is 5.02 Å². The third-order valence-corrected chi connectivity index (χ3v) is 4.99. The summed E-state index contributed by atoms with van der Waals surface area (Å²) in [5.41, 5.74) is 2.86. The van der Waals surface area contributed by atoms with Crippen molar-refractivity contribution in [1.29, 1.82) is 0 Å². The predicted molar refractivity (Wildman–Crippen MR) is 104 cm³/mol. The summed E-state index contributed by atoms with van der Waals surface area (Å²) >= 11 is 6.17. The minimum absolute atomic E-state index is 0.0208. The molecule has 0 bridgehead atoms. The molecule has 1 heterocycles. The van der Waals surface area contributed by atoms with Gasteiger partial charge in [0.2, 0.25) is 5.91 Å². The van der Waals surface area contributed by atoms with Gasteiger partial charge < -0.3 is 15.1 Å². The maximum absolute atomic E-state index is 12.4. The number of hydrogen-bond acceptors (Lipinski definition) is 2. The molecule has 0 atom stereocenters. The highest BCUT2D eigenvalue weighted by atomic mass is 35.5. The third-order valence-electron chi connectivity index (χ3n) is 4.75. The van der Waals surface area contributed by atoms with E-state index in [9.17, 15) is 4.79 Å². The zero-order chi connectivity index (χ0) is 17.6. The van der Waals surface area contributed by atoms with E-state index >= 15 is 0 Å². The van der Waals surface area contributed by atoms with Gasteiger partial charge in [0.15, 0.2) is 0 Å². The molecule has 2 N–H and O–H groups in total. The van der Waals surface area contributed by atoms with Crippen LogP contribution in [-0.4, -0.2) is 38.6 Å². The predicted octanol–water partition coefficient (Wildman–Crippen LogP) is 2.25. The van der Waals surface area contributed by atoms with Crippen molar-refractivity contribution in [3.8, 4) is 0 Å². The molecule has 3 rings (SSSR count). The second-order valence-corrected chi connectivity index (χ2v) is 6.90. The van der Waals surface area contributed by atoms with Crippen molar-refractivity contribution < 1.29 is 9.69 Å². The van der Waals surface area contributed by atoms with Crippen LogP contribution in [0.25, 0.3) is 0 Å². The van der Waals surface area contributed by atoms with Crippen LogP contribution in [0.15, 0.2) is 48.5 Å². The number of anilines is 2. The van der Waals surface area contributed by atoms with Gasteiger partial charge >= 0.3 is 0 Å². The van der Waals surface area contributed by atoms with Gasteiger partial charge in [-0.1, -0.05) is 41.9 Å². The fraction of sp³-hybridized carbons (Fsp3) is 0.350. The molecule has 0 unspecified atom stereocenters. The standard InChI is InChI=1S/C20H24ClN3O/c1-2-23-10-12-24(13-11-23)19-9-8-17(21)15-18(19)22-20(25)14-16-6-4-3-5-7-16/h3-9,15H,2,10-14H2,1H3,(H,22,25)/p+1. The van der Waals surface area contributed by atoms with E-state index in [0.29, 0.717) is 11.4 Å². The van der Waals surface area contributed by atoms with Crippen LogP contribution in [0.1, 0.15) is 12.5 Å². The first-order valence-electron chi connectivity index (χ1n) is 8.87. The van der Waals surface area contributed by atoms with Crippen molar-refractivity contribution in [2.45, 2.75) is 13.3 Å². The fourth-order valence-electron chi connectivity index (χ4n) is 3.28. The Morgan fingerprint density at radius 1 is 1.16 bits per heavy atom. The van der Waals surface area contributed by atoms with Crippen molar-refractivity contribution in [3.05, 3.63) is 59.1 Å². The molecule has 2 aromatic carbocycles. The maximum Gasteiger partial charge on any atom is 0.228 e. The Bertz CT molecular complexity index is 712. The molecule has 1 fully saturated rings. The van der Waals surface area contributed by atoms with E-state index in [1.54, 1.807) is 4.90 Å². The van der Waals surface area contributed by atoms with Crippen LogP contribution in [-0.2, 0) is 11.2 Å². The summed E-state index contributed by atoms with van der Waals surface area (Å²) in [6.07, 6.45) is 0.362. The van der Waals surface area contributed by atoms with E-state index in [2.05, 4.69) is 17.1 Å². The van der Waals surface area contributed by atoms with Crippen LogP contribution < -0.4 is 15.1 Å². The molecule has 1 aliphatic heterocycles. The van der Waals surface area contributed by atoms with Crippen LogP contribution in [0.4, 0.5) is 11.4 Å². The van der Waals surface area contributed by atoms with Crippen molar-refractivity contribution in [2.75, 3.05) is 42.9 Å². The zero-order valence-corrected chi connectivity index (χ0v) is 15.4. The van der Waals surface area contributed by atoms with Gasteiger partial charge in [-0.05, 0) is 30.7 Å². The Kier molecular flexibility index (Phi) is 5.95. The molecule has 5 heteroatoms. The molecule has 4 nitrogen and oxygen atoms in total. The summed E-state index contributed by atoms with van der Waals surface area (Å²) in [4.78, 5) is 16.4. The molecular formula is C20H25ClN3O+. The van der Waals surface area contributed by atoms with Gasteiger partial charge in [-0.3, -0.25) is 4.79 Å². The smallest absolute Gasteiger partial charge is 0.228 e. The third kappa shape index (κ3) is 4.74. The monoisotopic (exact) mass is 358 g/mol. The molecule has 1 saturated heterocycles. The molecule has 0 radical (unpaired) electrons. The van der Waals surface area contributed by atoms with E-state index in [-0.39, 0.29) is 5.91 Å².